The van der Waals surface area contributed by atoms with Gasteiger partial charge < -0.3 is 19.9 Å². The van der Waals surface area contributed by atoms with Gasteiger partial charge in [0.05, 0.1) is 27.9 Å². The lowest BCUT2D eigenvalue weighted by Gasteiger charge is -2.38. The van der Waals surface area contributed by atoms with E-state index in [9.17, 15) is 26.7 Å². The minimum absolute atomic E-state index is 0.0101. The van der Waals surface area contributed by atoms with E-state index in [0.717, 1.165) is 15.7 Å². The number of rotatable bonds is 5. The number of carbonyl (C=O) groups excluding carboxylic acids is 1. The van der Waals surface area contributed by atoms with Crippen molar-refractivity contribution in [1.82, 2.24) is 0 Å². The van der Waals surface area contributed by atoms with Gasteiger partial charge in [-0.3, -0.25) is 4.79 Å². The average Bonchev–Trinajstić information content (AvgIpc) is 2.95. The van der Waals surface area contributed by atoms with Crippen molar-refractivity contribution in [1.29, 1.82) is 0 Å². The van der Waals surface area contributed by atoms with E-state index in [0.29, 0.717) is 32.2 Å². The summed E-state index contributed by atoms with van der Waals surface area (Å²) in [5.41, 5.74) is 0.376. The van der Waals surface area contributed by atoms with Crippen molar-refractivity contribution < 1.29 is 31.5 Å². The smallest absolute Gasteiger partial charge is 0.259 e. The maximum atomic E-state index is 14.2. The van der Waals surface area contributed by atoms with Crippen molar-refractivity contribution in [3.05, 3.63) is 92.7 Å². The number of hydrogen-bond donors (Lipinski definition) is 1. The molecular weight excluding hydrogens is 621 g/mol. The fraction of sp³-hybridized carbons (Fsp3) is 0.179. The van der Waals surface area contributed by atoms with Gasteiger partial charge in [0.15, 0.2) is 23.3 Å². The Hall–Kier alpha value is -3.57. The molecule has 40 heavy (non-hydrogen) atoms. The number of anilines is 3. The number of ether oxygens (including phenoxy) is 1. The van der Waals surface area contributed by atoms with Crippen LogP contribution in [-0.2, 0) is 0 Å². The molecule has 1 amide bonds. The van der Waals surface area contributed by atoms with Crippen molar-refractivity contribution in [3.8, 4) is 5.75 Å². The summed E-state index contributed by atoms with van der Waals surface area (Å²) in [5, 5.41) is 4.85. The van der Waals surface area contributed by atoms with E-state index in [2.05, 4.69) is 21.2 Å². The Morgan fingerprint density at radius 1 is 0.875 bits per heavy atom. The number of benzene rings is 4. The van der Waals surface area contributed by atoms with Crippen LogP contribution < -0.4 is 19.9 Å². The maximum absolute atomic E-state index is 14.2. The number of hydrogen-bond acceptors (Lipinski definition) is 4. The summed E-state index contributed by atoms with van der Waals surface area (Å²) in [7, 11) is 1.48. The summed E-state index contributed by atoms with van der Waals surface area (Å²) in [6.45, 7) is 0.383. The second-order valence-electron chi connectivity index (χ2n) is 9.01. The largest absolute Gasteiger partial charge is 0.495 e. The zero-order valence-electron chi connectivity index (χ0n) is 20.8. The van der Waals surface area contributed by atoms with Crippen LogP contribution in [0.25, 0.3) is 10.8 Å². The maximum Gasteiger partial charge on any atom is 0.259 e. The molecule has 0 radical (unpaired) electrons. The summed E-state index contributed by atoms with van der Waals surface area (Å²) in [5.74, 6) is -9.91. The Morgan fingerprint density at radius 2 is 1.48 bits per heavy atom. The Kier molecular flexibility index (Phi) is 7.78. The normalized spacial score (nSPS) is 13.6. The van der Waals surface area contributed by atoms with Crippen LogP contribution in [0, 0.1) is 29.1 Å². The molecule has 4 aromatic carbocycles. The second kappa shape index (κ2) is 11.1. The van der Waals surface area contributed by atoms with E-state index >= 15 is 0 Å². The molecule has 1 saturated heterocycles. The molecule has 1 heterocycles. The van der Waals surface area contributed by atoms with Gasteiger partial charge in [-0.15, -0.1) is 0 Å². The fourth-order valence-corrected chi connectivity index (χ4v) is 5.77. The number of piperazine rings is 1. The summed E-state index contributed by atoms with van der Waals surface area (Å²) in [4.78, 5) is 16.1. The van der Waals surface area contributed by atoms with Crippen LogP contribution in [-0.4, -0.2) is 39.2 Å². The quantitative estimate of drug-likeness (QED) is 0.139. The number of nitrogens with one attached hydrogen (secondary N) is 1. The highest BCUT2D eigenvalue weighted by molar-refractivity contribution is 9.10. The van der Waals surface area contributed by atoms with Crippen molar-refractivity contribution in [2.45, 2.75) is 0 Å². The molecule has 1 aliphatic rings. The summed E-state index contributed by atoms with van der Waals surface area (Å²) in [6, 6.07) is 14.2. The van der Waals surface area contributed by atoms with Gasteiger partial charge in [-0.25, -0.2) is 22.0 Å². The van der Waals surface area contributed by atoms with Crippen LogP contribution in [0.4, 0.5) is 39.0 Å². The highest BCUT2D eigenvalue weighted by atomic mass is 79.9. The fourth-order valence-electron chi connectivity index (χ4n) is 4.73. The molecule has 12 heteroatoms. The highest BCUT2D eigenvalue weighted by Gasteiger charge is 2.31. The molecule has 0 aromatic heterocycles. The monoisotopic (exact) mass is 639 g/mol. The van der Waals surface area contributed by atoms with Crippen LogP contribution in [0.3, 0.4) is 0 Å². The molecule has 5 rings (SSSR count). The molecule has 0 unspecified atom stereocenters. The van der Waals surface area contributed by atoms with E-state index < -0.39 is 40.7 Å². The third-order valence-electron chi connectivity index (χ3n) is 6.72. The predicted octanol–water partition coefficient (Wildman–Crippen LogP) is 7.54. The van der Waals surface area contributed by atoms with Crippen molar-refractivity contribution >= 4 is 61.3 Å². The lowest BCUT2D eigenvalue weighted by atomic mass is 10.0. The molecule has 0 atom stereocenters. The molecule has 5 nitrogen and oxygen atoms in total. The third kappa shape index (κ3) is 4.92. The summed E-state index contributed by atoms with van der Waals surface area (Å²) in [6.07, 6.45) is 0. The number of methoxy groups -OCH3 is 1. The van der Waals surface area contributed by atoms with Crippen LogP contribution in [0.2, 0.25) is 5.02 Å². The number of fused-ring (bicyclic) bond motifs is 1. The van der Waals surface area contributed by atoms with Crippen LogP contribution in [0.15, 0.2) is 53.0 Å². The molecule has 1 fully saturated rings. The zero-order chi connectivity index (χ0) is 28.7. The number of nitrogens with zero attached hydrogens (tertiary/aromatic N) is 2. The third-order valence-corrected chi connectivity index (χ3v) is 7.81. The molecule has 208 valence electrons. The SMILES string of the molecule is COc1c(C(=O)Nc2ccc(N3CCN(c4c(F)c(F)c(F)c(F)c4F)CC3)c(Cl)c2)cc2ccccc2c1Br. The first-order valence-corrected chi connectivity index (χ1v) is 13.2. The molecule has 0 spiro atoms. The van der Waals surface area contributed by atoms with Gasteiger partial charge in [-0.1, -0.05) is 35.9 Å². The molecule has 4 aromatic rings. The van der Waals surface area contributed by atoms with E-state index in [1.165, 1.54) is 7.11 Å². The average molecular weight is 641 g/mol. The first-order valence-electron chi connectivity index (χ1n) is 12.0. The minimum Gasteiger partial charge on any atom is -0.495 e. The van der Waals surface area contributed by atoms with Gasteiger partial charge in [0.25, 0.3) is 5.91 Å². The van der Waals surface area contributed by atoms with Gasteiger partial charge in [0.2, 0.25) is 5.82 Å². The van der Waals surface area contributed by atoms with Gasteiger partial charge in [0, 0.05) is 31.9 Å². The Balaban J connectivity index is 1.32. The van der Waals surface area contributed by atoms with Gasteiger partial charge in [0.1, 0.15) is 11.4 Å². The van der Waals surface area contributed by atoms with Crippen molar-refractivity contribution in [2.24, 2.45) is 0 Å². The van der Waals surface area contributed by atoms with E-state index in [1.807, 2.05) is 29.2 Å². The van der Waals surface area contributed by atoms with E-state index in [-0.39, 0.29) is 26.2 Å². The Morgan fingerprint density at radius 3 is 2.10 bits per heavy atom. The van der Waals surface area contributed by atoms with Gasteiger partial charge >= 0.3 is 0 Å². The van der Waals surface area contributed by atoms with Crippen LogP contribution >= 0.6 is 27.5 Å². The first-order chi connectivity index (χ1) is 19.1. The zero-order valence-corrected chi connectivity index (χ0v) is 23.1. The molecule has 0 aliphatic carbocycles. The highest BCUT2D eigenvalue weighted by Crippen LogP contribution is 2.38. The lowest BCUT2D eigenvalue weighted by Crippen LogP contribution is -2.47. The van der Waals surface area contributed by atoms with Gasteiger partial charge in [-0.2, -0.15) is 0 Å². The van der Waals surface area contributed by atoms with E-state index in [1.54, 1.807) is 24.3 Å². The van der Waals surface area contributed by atoms with Crippen LogP contribution in [0.1, 0.15) is 10.4 Å². The Labute approximate surface area is 239 Å². The number of amides is 1. The summed E-state index contributed by atoms with van der Waals surface area (Å²) >= 11 is 10.0. The standard InChI is InChI=1S/C28H20BrClF5N3O2/c1-40-27-17(12-14-4-2-3-5-16(14)20(27)29)28(39)36-15-6-7-19(18(30)13-15)37-8-10-38(11-9-37)26-24(34)22(32)21(31)23(33)25(26)35/h2-7,12-13H,8-11H2,1H3,(H,36,39). The molecule has 1 N–H and O–H groups in total. The molecule has 0 bridgehead atoms. The topological polar surface area (TPSA) is 44.8 Å². The molecular formula is C28H20BrClF5N3O2. The van der Waals surface area contributed by atoms with E-state index in [4.69, 9.17) is 16.3 Å². The Bertz CT molecular complexity index is 1620. The second-order valence-corrected chi connectivity index (χ2v) is 10.2. The predicted molar refractivity (Wildman–Crippen MR) is 148 cm³/mol. The number of carbonyl (C=O) groups is 1. The van der Waals surface area contributed by atoms with Crippen molar-refractivity contribution in [3.63, 3.8) is 0 Å². The van der Waals surface area contributed by atoms with Crippen LogP contribution in [0.5, 0.6) is 5.75 Å². The molecule has 1 aliphatic heterocycles. The summed E-state index contributed by atoms with van der Waals surface area (Å²) < 4.78 is 75.4. The molecule has 0 saturated carbocycles. The number of halogens is 7. The lowest BCUT2D eigenvalue weighted by molar-refractivity contribution is 0.102. The van der Waals surface area contributed by atoms with Gasteiger partial charge in [-0.05, 0) is 51.0 Å². The minimum atomic E-state index is -2.19. The van der Waals surface area contributed by atoms with Crippen molar-refractivity contribution in [2.75, 3.05) is 48.4 Å². The first kappa shape index (κ1) is 28.0.